The van der Waals surface area contributed by atoms with Crippen LogP contribution in [0.4, 0.5) is 13.2 Å². The number of benzene rings is 3. The molecule has 0 spiro atoms. The molecular formula is C19H15F3O3S2. The molecule has 0 amide bonds. The van der Waals surface area contributed by atoms with Crippen LogP contribution < -0.4 is 0 Å². The SMILES string of the molecule is O=S(=O)(OC(F)(F)F)c1ccccc1.c1ccc(Sc2ccccc2)cc1. The minimum Gasteiger partial charge on any atom is -0.194 e. The van der Waals surface area contributed by atoms with Gasteiger partial charge in [-0.05, 0) is 36.4 Å². The molecule has 8 heteroatoms. The topological polar surface area (TPSA) is 43.4 Å². The first kappa shape index (κ1) is 21.0. The van der Waals surface area contributed by atoms with Crippen molar-refractivity contribution in [3.8, 4) is 0 Å². The molecular weight excluding hydrogens is 397 g/mol. The van der Waals surface area contributed by atoms with Crippen molar-refractivity contribution in [1.82, 2.24) is 0 Å². The van der Waals surface area contributed by atoms with Crippen LogP contribution in [0.15, 0.2) is 106 Å². The molecule has 0 fully saturated rings. The lowest BCUT2D eigenvalue weighted by Crippen LogP contribution is -2.19. The molecule has 0 aliphatic heterocycles. The van der Waals surface area contributed by atoms with E-state index in [0.29, 0.717) is 0 Å². The smallest absolute Gasteiger partial charge is 0.194 e. The summed E-state index contributed by atoms with van der Waals surface area (Å²) < 4.78 is 59.7. The Bertz CT molecular complexity index is 877. The monoisotopic (exact) mass is 412 g/mol. The Balaban J connectivity index is 0.000000194. The molecule has 0 saturated heterocycles. The Kier molecular flexibility index (Phi) is 7.46. The van der Waals surface area contributed by atoms with E-state index in [2.05, 4.69) is 52.7 Å². The Hall–Kier alpha value is -2.29. The van der Waals surface area contributed by atoms with Crippen LogP contribution in [0, 0.1) is 0 Å². The minimum atomic E-state index is -5.20. The van der Waals surface area contributed by atoms with Crippen molar-refractivity contribution >= 4 is 21.9 Å². The largest absolute Gasteiger partial charge is 0.537 e. The first-order valence-electron chi connectivity index (χ1n) is 7.62. The van der Waals surface area contributed by atoms with Gasteiger partial charge in [0.15, 0.2) is 0 Å². The van der Waals surface area contributed by atoms with Crippen molar-refractivity contribution in [1.29, 1.82) is 0 Å². The fourth-order valence-corrected chi connectivity index (χ4v) is 3.57. The molecule has 0 atom stereocenters. The third-order valence-electron chi connectivity index (χ3n) is 2.96. The zero-order valence-corrected chi connectivity index (χ0v) is 15.5. The van der Waals surface area contributed by atoms with Crippen molar-refractivity contribution in [2.75, 3.05) is 0 Å². The van der Waals surface area contributed by atoms with Crippen LogP contribution in [0.5, 0.6) is 0 Å². The van der Waals surface area contributed by atoms with Gasteiger partial charge >= 0.3 is 16.5 Å². The molecule has 3 aromatic carbocycles. The van der Waals surface area contributed by atoms with Crippen molar-refractivity contribution in [3.63, 3.8) is 0 Å². The number of alkyl halides is 3. The van der Waals surface area contributed by atoms with Crippen molar-refractivity contribution in [2.45, 2.75) is 21.0 Å². The van der Waals surface area contributed by atoms with Crippen LogP contribution in [-0.4, -0.2) is 14.8 Å². The van der Waals surface area contributed by atoms with E-state index < -0.39 is 21.4 Å². The van der Waals surface area contributed by atoms with Gasteiger partial charge in [0.05, 0.1) is 4.90 Å². The van der Waals surface area contributed by atoms with E-state index in [1.807, 2.05) is 12.1 Å². The summed E-state index contributed by atoms with van der Waals surface area (Å²) in [6.07, 6.45) is -5.20. The second kappa shape index (κ2) is 9.59. The predicted octanol–water partition coefficient (Wildman–Crippen LogP) is 5.75. The first-order chi connectivity index (χ1) is 12.8. The summed E-state index contributed by atoms with van der Waals surface area (Å²) in [5.74, 6) is 0. The van der Waals surface area contributed by atoms with Gasteiger partial charge in [-0.2, -0.15) is 12.6 Å². The zero-order valence-electron chi connectivity index (χ0n) is 13.8. The molecule has 0 radical (unpaired) electrons. The molecule has 0 saturated carbocycles. The Morgan fingerprint density at radius 3 is 1.41 bits per heavy atom. The second-order valence-electron chi connectivity index (χ2n) is 5.02. The highest BCUT2D eigenvalue weighted by molar-refractivity contribution is 7.99. The molecule has 0 aliphatic carbocycles. The highest BCUT2D eigenvalue weighted by Gasteiger charge is 2.37. The highest BCUT2D eigenvalue weighted by atomic mass is 32.2. The quantitative estimate of drug-likeness (QED) is 0.512. The third-order valence-corrected chi connectivity index (χ3v) is 5.23. The molecule has 3 nitrogen and oxygen atoms in total. The van der Waals surface area contributed by atoms with Gasteiger partial charge in [0.1, 0.15) is 0 Å². The van der Waals surface area contributed by atoms with E-state index in [9.17, 15) is 21.6 Å². The summed E-state index contributed by atoms with van der Waals surface area (Å²) >= 11 is 1.79. The lowest BCUT2D eigenvalue weighted by atomic mass is 10.4. The fraction of sp³-hybridized carbons (Fsp3) is 0.0526. The maximum Gasteiger partial charge on any atom is 0.537 e. The molecule has 0 aliphatic rings. The highest BCUT2D eigenvalue weighted by Crippen LogP contribution is 2.26. The van der Waals surface area contributed by atoms with Crippen molar-refractivity contribution < 1.29 is 25.8 Å². The lowest BCUT2D eigenvalue weighted by molar-refractivity contribution is -0.271. The van der Waals surface area contributed by atoms with Gasteiger partial charge in [0.25, 0.3) is 0 Å². The second-order valence-corrected chi connectivity index (χ2v) is 7.72. The van der Waals surface area contributed by atoms with E-state index in [0.717, 1.165) is 12.1 Å². The molecule has 0 aromatic heterocycles. The zero-order chi connectivity index (χ0) is 19.8. The minimum absolute atomic E-state index is 0.530. The van der Waals surface area contributed by atoms with Crippen LogP contribution in [0.25, 0.3) is 0 Å². The molecule has 3 rings (SSSR count). The number of halogens is 3. The van der Waals surface area contributed by atoms with Gasteiger partial charge < -0.3 is 0 Å². The van der Waals surface area contributed by atoms with Crippen LogP contribution in [-0.2, 0) is 14.3 Å². The summed E-state index contributed by atoms with van der Waals surface area (Å²) in [7, 11) is -4.74. The van der Waals surface area contributed by atoms with Crippen LogP contribution in [0.1, 0.15) is 0 Å². The average molecular weight is 412 g/mol. The molecule has 0 unspecified atom stereocenters. The van der Waals surface area contributed by atoms with E-state index in [4.69, 9.17) is 0 Å². The lowest BCUT2D eigenvalue weighted by Gasteiger charge is -2.07. The average Bonchev–Trinajstić information content (AvgIpc) is 2.63. The van der Waals surface area contributed by atoms with Gasteiger partial charge in [0.2, 0.25) is 0 Å². The Morgan fingerprint density at radius 2 is 1.04 bits per heavy atom. The maximum atomic E-state index is 11.6. The van der Waals surface area contributed by atoms with Crippen molar-refractivity contribution in [2.24, 2.45) is 0 Å². The molecule has 0 heterocycles. The number of hydrogen-bond acceptors (Lipinski definition) is 4. The van der Waals surface area contributed by atoms with Crippen LogP contribution >= 0.6 is 11.8 Å². The molecule has 27 heavy (non-hydrogen) atoms. The Labute approximate surface area is 159 Å². The van der Waals surface area contributed by atoms with Crippen LogP contribution in [0.2, 0.25) is 0 Å². The van der Waals surface area contributed by atoms with Crippen molar-refractivity contribution in [3.05, 3.63) is 91.0 Å². The molecule has 0 bridgehead atoms. The molecule has 3 aromatic rings. The van der Waals surface area contributed by atoms with Gasteiger partial charge in [0, 0.05) is 9.79 Å². The predicted molar refractivity (Wildman–Crippen MR) is 97.8 cm³/mol. The summed E-state index contributed by atoms with van der Waals surface area (Å²) in [5, 5.41) is 0. The van der Waals surface area contributed by atoms with E-state index in [1.54, 1.807) is 11.8 Å². The van der Waals surface area contributed by atoms with E-state index in [-0.39, 0.29) is 0 Å². The van der Waals surface area contributed by atoms with Gasteiger partial charge in [-0.1, -0.05) is 66.4 Å². The van der Waals surface area contributed by atoms with Gasteiger partial charge in [-0.15, -0.1) is 13.2 Å². The maximum absolute atomic E-state index is 11.6. The standard InChI is InChI=1S/C12H10S.C7H5F3O3S/c1-3-7-11(8-4-1)13-12-9-5-2-6-10-12;8-7(9,10)13-14(11,12)6-4-2-1-3-5-6/h1-10H;1-5H. The summed E-state index contributed by atoms with van der Waals surface area (Å²) in [5.41, 5.74) is 0. The van der Waals surface area contributed by atoms with Gasteiger partial charge in [-0.3, -0.25) is 0 Å². The fourth-order valence-electron chi connectivity index (χ4n) is 1.87. The third kappa shape index (κ3) is 7.86. The normalized spacial score (nSPS) is 11.4. The molecule has 142 valence electrons. The number of rotatable bonds is 4. The van der Waals surface area contributed by atoms with Crippen LogP contribution in [0.3, 0.4) is 0 Å². The summed E-state index contributed by atoms with van der Waals surface area (Å²) in [4.78, 5) is 2.04. The summed E-state index contributed by atoms with van der Waals surface area (Å²) in [6, 6.07) is 26.9. The number of hydrogen-bond donors (Lipinski definition) is 0. The molecule has 0 N–H and O–H groups in total. The van der Waals surface area contributed by atoms with E-state index >= 15 is 0 Å². The Morgan fingerprint density at radius 1 is 0.667 bits per heavy atom. The first-order valence-corrected chi connectivity index (χ1v) is 9.84. The van der Waals surface area contributed by atoms with E-state index in [1.165, 1.54) is 28.0 Å². The van der Waals surface area contributed by atoms with Gasteiger partial charge in [-0.25, -0.2) is 0 Å². The summed E-state index contributed by atoms with van der Waals surface area (Å²) in [6.45, 7) is 0.